The summed E-state index contributed by atoms with van der Waals surface area (Å²) in [4.78, 5) is 14.4. The molecule has 1 atom stereocenters. The Morgan fingerprint density at radius 1 is 1.19 bits per heavy atom. The minimum absolute atomic E-state index is 0.152. The maximum absolute atomic E-state index is 13.6. The first-order valence-electron chi connectivity index (χ1n) is 9.36. The van der Waals surface area contributed by atoms with E-state index in [0.717, 1.165) is 6.07 Å². The van der Waals surface area contributed by atoms with Gasteiger partial charge in [0.1, 0.15) is 0 Å². The van der Waals surface area contributed by atoms with Crippen LogP contribution in [0.15, 0.2) is 41.3 Å². The van der Waals surface area contributed by atoms with Gasteiger partial charge in [-0.25, -0.2) is 17.8 Å². The first-order chi connectivity index (χ1) is 14.7. The summed E-state index contributed by atoms with van der Waals surface area (Å²) in [6, 6.07) is 7.24. The summed E-state index contributed by atoms with van der Waals surface area (Å²) in [5.41, 5.74) is -1.39. The molecule has 174 valence electrons. The number of benzene rings is 2. The molecule has 3 rings (SSSR count). The molecule has 2 N–H and O–H groups in total. The van der Waals surface area contributed by atoms with Crippen molar-refractivity contribution in [1.82, 2.24) is 0 Å². The number of amides is 1. The van der Waals surface area contributed by atoms with Crippen molar-refractivity contribution in [2.45, 2.75) is 29.8 Å². The molecule has 1 saturated heterocycles. The van der Waals surface area contributed by atoms with E-state index in [4.69, 9.17) is 16.4 Å². The Bertz CT molecular complexity index is 1140. The van der Waals surface area contributed by atoms with E-state index < -0.39 is 51.2 Å². The van der Waals surface area contributed by atoms with E-state index >= 15 is 0 Å². The van der Waals surface area contributed by atoms with Gasteiger partial charge in [-0.3, -0.25) is 4.79 Å². The van der Waals surface area contributed by atoms with Crippen molar-refractivity contribution in [3.05, 3.63) is 52.5 Å². The first kappa shape index (κ1) is 24.2. The molecule has 2 aromatic rings. The normalized spacial score (nSPS) is 18.2. The number of nitrogens with one attached hydrogen (secondary N) is 2. The first-order valence-corrected chi connectivity index (χ1v) is 11.7. The molecule has 5 nitrogen and oxygen atoms in total. The number of hydrogen-bond donors (Lipinski definition) is 2. The van der Waals surface area contributed by atoms with E-state index in [1.54, 1.807) is 0 Å². The third-order valence-corrected chi connectivity index (χ3v) is 6.48. The highest BCUT2D eigenvalue weighted by molar-refractivity contribution is 7.91. The zero-order valence-electron chi connectivity index (χ0n) is 16.7. The number of anilines is 2. The number of hydrogen-bond acceptors (Lipinski definition) is 4. The van der Waals surface area contributed by atoms with Crippen LogP contribution in [-0.4, -0.2) is 35.4 Å². The second kappa shape index (κ2) is 8.51. The van der Waals surface area contributed by atoms with E-state index in [1.165, 1.54) is 35.4 Å². The predicted octanol–water partition coefficient (Wildman–Crippen LogP) is 5.88. The van der Waals surface area contributed by atoms with Crippen molar-refractivity contribution in [1.29, 1.82) is 4.78 Å². The van der Waals surface area contributed by atoms with Crippen LogP contribution >= 0.6 is 11.6 Å². The Morgan fingerprint density at radius 3 is 2.38 bits per heavy atom. The van der Waals surface area contributed by atoms with Gasteiger partial charge >= 0.3 is 6.18 Å². The molecule has 1 aliphatic heterocycles. The third kappa shape index (κ3) is 5.50. The monoisotopic (exact) mass is 495 g/mol. The molecule has 12 heteroatoms. The van der Waals surface area contributed by atoms with Crippen molar-refractivity contribution >= 4 is 38.6 Å². The molecule has 1 fully saturated rings. The quantitative estimate of drug-likeness (QED) is 0.520. The molecule has 1 aliphatic rings. The van der Waals surface area contributed by atoms with Crippen molar-refractivity contribution in [2.75, 3.05) is 29.6 Å². The minimum Gasteiger partial charge on any atom is -0.370 e. The van der Waals surface area contributed by atoms with Gasteiger partial charge in [0.15, 0.2) is 0 Å². The molecule has 1 heterocycles. The zero-order chi connectivity index (χ0) is 23.9. The fourth-order valence-electron chi connectivity index (χ4n) is 3.31. The maximum Gasteiger partial charge on any atom is 0.417 e. The SMILES string of the molecule is C[S@](=N)(=O)c1cccc(NC(=O)c2cc(Cl)c(C(F)(F)F)cc2N2CCC(F)(F)CC2)c1. The zero-order valence-corrected chi connectivity index (χ0v) is 18.3. The molecular weight excluding hydrogens is 477 g/mol. The Kier molecular flexibility index (Phi) is 6.45. The molecule has 2 aromatic carbocycles. The highest BCUT2D eigenvalue weighted by atomic mass is 35.5. The van der Waals surface area contributed by atoms with Gasteiger partial charge in [-0.05, 0) is 30.3 Å². The van der Waals surface area contributed by atoms with Gasteiger partial charge in [0.05, 0.1) is 31.6 Å². The summed E-state index contributed by atoms with van der Waals surface area (Å²) in [6.45, 7) is -0.475. The summed E-state index contributed by atoms with van der Waals surface area (Å²) in [6.07, 6.45) is -4.72. The highest BCUT2D eigenvalue weighted by Gasteiger charge is 2.38. The van der Waals surface area contributed by atoms with E-state index in [0.29, 0.717) is 6.07 Å². The Hall–Kier alpha value is -2.40. The average molecular weight is 496 g/mol. The van der Waals surface area contributed by atoms with Crippen molar-refractivity contribution in [2.24, 2.45) is 0 Å². The second-order valence-corrected chi connectivity index (χ2v) is 10.1. The number of halogens is 6. The van der Waals surface area contributed by atoms with Crippen LogP contribution in [0.1, 0.15) is 28.8 Å². The van der Waals surface area contributed by atoms with Crippen LogP contribution in [0, 0.1) is 4.78 Å². The van der Waals surface area contributed by atoms with Crippen LogP contribution < -0.4 is 10.2 Å². The summed E-state index contributed by atoms with van der Waals surface area (Å²) in [5.74, 6) is -3.75. The second-order valence-electron chi connectivity index (χ2n) is 7.52. The number of carbonyl (C=O) groups excluding carboxylic acids is 1. The fraction of sp³-hybridized carbons (Fsp3) is 0.350. The number of nitrogens with zero attached hydrogens (tertiary/aromatic N) is 1. The van der Waals surface area contributed by atoms with E-state index in [2.05, 4.69) is 5.32 Å². The fourth-order valence-corrected chi connectivity index (χ4v) is 4.27. The van der Waals surface area contributed by atoms with Crippen LogP contribution in [-0.2, 0) is 15.9 Å². The average Bonchev–Trinajstić information content (AvgIpc) is 2.66. The minimum atomic E-state index is -4.80. The summed E-state index contributed by atoms with van der Waals surface area (Å²) in [5, 5.41) is 1.79. The summed E-state index contributed by atoms with van der Waals surface area (Å²) < 4.78 is 86.9. The Morgan fingerprint density at radius 2 is 1.81 bits per heavy atom. The standard InChI is InChI=1S/C20H19ClF5N3O2S/c1-32(27,31)13-4-2-3-12(9-13)28-18(30)14-10-16(21)15(20(24,25)26)11-17(14)29-7-5-19(22,23)6-8-29/h2-4,9-11,27H,5-8H2,1H3,(H,28,30)/t32-/m0/s1. The molecule has 0 radical (unpaired) electrons. The molecular formula is C20H19ClF5N3O2S. The van der Waals surface area contributed by atoms with Crippen molar-refractivity contribution < 1.29 is 31.0 Å². The summed E-state index contributed by atoms with van der Waals surface area (Å²) in [7, 11) is -3.07. The number of rotatable bonds is 4. The van der Waals surface area contributed by atoms with Crippen LogP contribution in [0.2, 0.25) is 5.02 Å². The Balaban J connectivity index is 2.01. The van der Waals surface area contributed by atoms with Gasteiger partial charge in [-0.1, -0.05) is 17.7 Å². The summed E-state index contributed by atoms with van der Waals surface area (Å²) >= 11 is 5.80. The molecule has 1 amide bonds. The van der Waals surface area contributed by atoms with Gasteiger partial charge < -0.3 is 10.2 Å². The van der Waals surface area contributed by atoms with Gasteiger partial charge in [-0.15, -0.1) is 0 Å². The highest BCUT2D eigenvalue weighted by Crippen LogP contribution is 2.40. The molecule has 0 aliphatic carbocycles. The van der Waals surface area contributed by atoms with Crippen LogP contribution in [0.3, 0.4) is 0 Å². The topological polar surface area (TPSA) is 73.3 Å². The third-order valence-electron chi connectivity index (χ3n) is 5.01. The largest absolute Gasteiger partial charge is 0.417 e. The molecule has 0 saturated carbocycles. The van der Waals surface area contributed by atoms with Crippen molar-refractivity contribution in [3.8, 4) is 0 Å². The van der Waals surface area contributed by atoms with E-state index in [1.807, 2.05) is 0 Å². The number of carbonyl (C=O) groups is 1. The molecule has 0 aromatic heterocycles. The lowest BCUT2D eigenvalue weighted by molar-refractivity contribution is -0.137. The molecule has 0 bridgehead atoms. The molecule has 0 spiro atoms. The van der Waals surface area contributed by atoms with Gasteiger partial charge in [0.2, 0.25) is 0 Å². The van der Waals surface area contributed by atoms with E-state index in [-0.39, 0.29) is 34.9 Å². The van der Waals surface area contributed by atoms with Gasteiger partial charge in [0, 0.05) is 42.8 Å². The molecule has 0 unspecified atom stereocenters. The van der Waals surface area contributed by atoms with Crippen LogP contribution in [0.5, 0.6) is 0 Å². The lowest BCUT2D eigenvalue weighted by atomic mass is 10.0. The van der Waals surface area contributed by atoms with Crippen LogP contribution in [0.25, 0.3) is 0 Å². The maximum atomic E-state index is 13.6. The number of piperidine rings is 1. The predicted molar refractivity (Wildman–Crippen MR) is 112 cm³/mol. The lowest BCUT2D eigenvalue weighted by Crippen LogP contribution is -2.40. The van der Waals surface area contributed by atoms with Gasteiger partial charge in [-0.2, -0.15) is 13.2 Å². The smallest absolute Gasteiger partial charge is 0.370 e. The van der Waals surface area contributed by atoms with Gasteiger partial charge in [0.25, 0.3) is 11.8 Å². The van der Waals surface area contributed by atoms with Crippen LogP contribution in [0.4, 0.5) is 33.3 Å². The van der Waals surface area contributed by atoms with E-state index in [9.17, 15) is 31.0 Å². The number of alkyl halides is 5. The molecule has 32 heavy (non-hydrogen) atoms. The lowest BCUT2D eigenvalue weighted by Gasteiger charge is -2.34. The van der Waals surface area contributed by atoms with Crippen molar-refractivity contribution in [3.63, 3.8) is 0 Å². The Labute approximate surface area is 186 Å².